The van der Waals surface area contributed by atoms with Crippen molar-refractivity contribution in [3.63, 3.8) is 0 Å². The van der Waals surface area contributed by atoms with Gasteiger partial charge in [0.05, 0.1) is 16.5 Å². The maximum absolute atomic E-state index is 12.5. The fourth-order valence-corrected chi connectivity index (χ4v) is 2.96. The van der Waals surface area contributed by atoms with Crippen molar-refractivity contribution in [1.82, 2.24) is 0 Å². The van der Waals surface area contributed by atoms with E-state index >= 15 is 0 Å². The van der Waals surface area contributed by atoms with Crippen LogP contribution in [0.2, 0.25) is 10.0 Å². The van der Waals surface area contributed by atoms with E-state index in [-0.39, 0.29) is 5.91 Å². The zero-order chi connectivity index (χ0) is 15.0. The zero-order valence-electron chi connectivity index (χ0n) is 11.3. The molecule has 0 spiro atoms. The van der Waals surface area contributed by atoms with Gasteiger partial charge in [0.25, 0.3) is 0 Å². The highest BCUT2D eigenvalue weighted by atomic mass is 35.5. The molecule has 0 aromatic heterocycles. The second-order valence-electron chi connectivity index (χ2n) is 5.07. The van der Waals surface area contributed by atoms with Gasteiger partial charge in [0.1, 0.15) is 0 Å². The molecular weight excluding hydrogens is 307 g/mol. The lowest BCUT2D eigenvalue weighted by Gasteiger charge is -2.17. The van der Waals surface area contributed by atoms with E-state index in [4.69, 9.17) is 28.9 Å². The Balaban J connectivity index is 1.82. The molecule has 0 atom stereocenters. The first kappa shape index (κ1) is 14.2. The summed E-state index contributed by atoms with van der Waals surface area (Å²) in [5.41, 5.74) is 9.53. The quantitative estimate of drug-likeness (QED) is 0.857. The van der Waals surface area contributed by atoms with E-state index in [1.807, 2.05) is 24.3 Å². The van der Waals surface area contributed by atoms with Crippen LogP contribution in [-0.2, 0) is 17.6 Å². The van der Waals surface area contributed by atoms with E-state index in [2.05, 4.69) is 0 Å². The van der Waals surface area contributed by atoms with Crippen LogP contribution >= 0.6 is 23.2 Å². The number of halogens is 2. The predicted octanol–water partition coefficient (Wildman–Crippen LogP) is 3.71. The zero-order valence-corrected chi connectivity index (χ0v) is 12.8. The van der Waals surface area contributed by atoms with Crippen molar-refractivity contribution in [3.05, 3.63) is 57.6 Å². The fourth-order valence-electron chi connectivity index (χ4n) is 2.64. The standard InChI is InChI=1S/C16H14Cl2N2O/c17-12-5-4-10(8-13(12)18)9-16(21)20-7-6-11-14(19)2-1-3-15(11)20/h1-5,8H,6-7,9,19H2. The lowest BCUT2D eigenvalue weighted by atomic mass is 10.1. The van der Waals surface area contributed by atoms with Crippen molar-refractivity contribution < 1.29 is 4.79 Å². The minimum absolute atomic E-state index is 0.0396. The number of fused-ring (bicyclic) bond motifs is 1. The van der Waals surface area contributed by atoms with Gasteiger partial charge < -0.3 is 10.6 Å². The smallest absolute Gasteiger partial charge is 0.231 e. The van der Waals surface area contributed by atoms with Crippen molar-refractivity contribution >= 4 is 40.5 Å². The molecule has 108 valence electrons. The van der Waals surface area contributed by atoms with Crippen LogP contribution in [0.3, 0.4) is 0 Å². The minimum atomic E-state index is 0.0396. The van der Waals surface area contributed by atoms with E-state index in [9.17, 15) is 4.79 Å². The van der Waals surface area contributed by atoms with Gasteiger partial charge in [-0.25, -0.2) is 0 Å². The molecule has 1 aliphatic rings. The molecule has 3 rings (SSSR count). The Labute approximate surface area is 133 Å². The number of carbonyl (C=O) groups excluding carboxylic acids is 1. The van der Waals surface area contributed by atoms with Crippen LogP contribution in [0.15, 0.2) is 36.4 Å². The molecule has 0 fully saturated rings. The second-order valence-corrected chi connectivity index (χ2v) is 5.88. The number of nitrogens with two attached hydrogens (primary N) is 1. The van der Waals surface area contributed by atoms with Crippen LogP contribution in [0, 0.1) is 0 Å². The molecule has 5 heteroatoms. The van der Waals surface area contributed by atoms with Crippen LogP contribution in [0.25, 0.3) is 0 Å². The van der Waals surface area contributed by atoms with Crippen molar-refractivity contribution in [2.45, 2.75) is 12.8 Å². The number of anilines is 2. The first-order valence-corrected chi connectivity index (χ1v) is 7.43. The molecule has 2 N–H and O–H groups in total. The summed E-state index contributed by atoms with van der Waals surface area (Å²) in [4.78, 5) is 14.3. The molecule has 0 saturated carbocycles. The van der Waals surface area contributed by atoms with Gasteiger partial charge in [0.15, 0.2) is 0 Å². The number of benzene rings is 2. The minimum Gasteiger partial charge on any atom is -0.398 e. The van der Waals surface area contributed by atoms with Gasteiger partial charge in [-0.2, -0.15) is 0 Å². The monoisotopic (exact) mass is 320 g/mol. The molecule has 1 aliphatic heterocycles. The third kappa shape index (κ3) is 2.71. The highest BCUT2D eigenvalue weighted by Gasteiger charge is 2.25. The molecule has 2 aromatic carbocycles. The van der Waals surface area contributed by atoms with Gasteiger partial charge in [-0.15, -0.1) is 0 Å². The average molecular weight is 321 g/mol. The summed E-state index contributed by atoms with van der Waals surface area (Å²) in [6.07, 6.45) is 1.10. The van der Waals surface area contributed by atoms with Crippen LogP contribution in [0.4, 0.5) is 11.4 Å². The average Bonchev–Trinajstić information content (AvgIpc) is 2.88. The molecular formula is C16H14Cl2N2O. The molecule has 1 amide bonds. The van der Waals surface area contributed by atoms with Crippen LogP contribution < -0.4 is 10.6 Å². The molecule has 0 radical (unpaired) electrons. The Hall–Kier alpha value is -1.71. The Kier molecular flexibility index (Phi) is 3.79. The SMILES string of the molecule is Nc1cccc2c1CCN2C(=O)Cc1ccc(Cl)c(Cl)c1. The number of amides is 1. The van der Waals surface area contributed by atoms with Gasteiger partial charge in [-0.05, 0) is 36.2 Å². The van der Waals surface area contributed by atoms with E-state index in [0.717, 1.165) is 28.9 Å². The van der Waals surface area contributed by atoms with Crippen molar-refractivity contribution in [1.29, 1.82) is 0 Å². The van der Waals surface area contributed by atoms with Crippen molar-refractivity contribution in [2.24, 2.45) is 0 Å². The number of carbonyl (C=O) groups is 1. The number of rotatable bonds is 2. The Bertz CT molecular complexity index is 715. The highest BCUT2D eigenvalue weighted by Crippen LogP contribution is 2.32. The Morgan fingerprint density at radius 3 is 2.76 bits per heavy atom. The summed E-state index contributed by atoms with van der Waals surface area (Å²) in [7, 11) is 0. The number of hydrogen-bond acceptors (Lipinski definition) is 2. The van der Waals surface area contributed by atoms with E-state index in [0.29, 0.717) is 23.0 Å². The first-order chi connectivity index (χ1) is 10.1. The summed E-state index contributed by atoms with van der Waals surface area (Å²) in [5, 5.41) is 0.959. The van der Waals surface area contributed by atoms with Crippen molar-refractivity contribution in [2.75, 3.05) is 17.2 Å². The summed E-state index contributed by atoms with van der Waals surface area (Å²) in [6, 6.07) is 10.9. The highest BCUT2D eigenvalue weighted by molar-refractivity contribution is 6.42. The van der Waals surface area contributed by atoms with Gasteiger partial charge in [-0.3, -0.25) is 4.79 Å². The lowest BCUT2D eigenvalue weighted by Crippen LogP contribution is -2.30. The van der Waals surface area contributed by atoms with Crippen LogP contribution in [-0.4, -0.2) is 12.5 Å². The van der Waals surface area contributed by atoms with E-state index < -0.39 is 0 Å². The largest absolute Gasteiger partial charge is 0.398 e. The maximum atomic E-state index is 12.5. The summed E-state index contributed by atoms with van der Waals surface area (Å²) in [5.74, 6) is 0.0396. The van der Waals surface area contributed by atoms with Crippen LogP contribution in [0.1, 0.15) is 11.1 Å². The van der Waals surface area contributed by atoms with E-state index in [1.54, 1.807) is 17.0 Å². The second kappa shape index (κ2) is 5.58. The maximum Gasteiger partial charge on any atom is 0.231 e. The van der Waals surface area contributed by atoms with Gasteiger partial charge >= 0.3 is 0 Å². The Morgan fingerprint density at radius 1 is 1.19 bits per heavy atom. The van der Waals surface area contributed by atoms with Crippen molar-refractivity contribution in [3.8, 4) is 0 Å². The molecule has 21 heavy (non-hydrogen) atoms. The molecule has 0 unspecified atom stereocenters. The summed E-state index contributed by atoms with van der Waals surface area (Å²) < 4.78 is 0. The van der Waals surface area contributed by atoms with Crippen LogP contribution in [0.5, 0.6) is 0 Å². The normalized spacial score (nSPS) is 13.3. The molecule has 0 saturated heterocycles. The molecule has 3 nitrogen and oxygen atoms in total. The first-order valence-electron chi connectivity index (χ1n) is 6.68. The van der Waals surface area contributed by atoms with Gasteiger partial charge in [-0.1, -0.05) is 35.3 Å². The molecule has 0 bridgehead atoms. The topological polar surface area (TPSA) is 46.3 Å². The molecule has 0 aliphatic carbocycles. The summed E-state index contributed by atoms with van der Waals surface area (Å²) in [6.45, 7) is 0.670. The summed E-state index contributed by atoms with van der Waals surface area (Å²) >= 11 is 11.9. The Morgan fingerprint density at radius 2 is 2.00 bits per heavy atom. The predicted molar refractivity (Wildman–Crippen MR) is 87.1 cm³/mol. The fraction of sp³-hybridized carbons (Fsp3) is 0.188. The lowest BCUT2D eigenvalue weighted by molar-refractivity contribution is -0.117. The van der Waals surface area contributed by atoms with Gasteiger partial charge in [0.2, 0.25) is 5.91 Å². The number of hydrogen-bond donors (Lipinski definition) is 1. The van der Waals surface area contributed by atoms with Gasteiger partial charge in [0, 0.05) is 23.5 Å². The molecule has 1 heterocycles. The molecule has 2 aromatic rings. The number of nitrogens with zero attached hydrogens (tertiary/aromatic N) is 1. The van der Waals surface area contributed by atoms with E-state index in [1.165, 1.54) is 0 Å². The third-order valence-electron chi connectivity index (χ3n) is 3.70. The number of nitrogen functional groups attached to an aromatic ring is 1. The third-order valence-corrected chi connectivity index (χ3v) is 4.44.